The highest BCUT2D eigenvalue weighted by molar-refractivity contribution is 7.98. The molecule has 0 bridgehead atoms. The smallest absolute Gasteiger partial charge is 0.326 e. The molecular formula is C12H17N3O5S. The first-order valence-electron chi connectivity index (χ1n) is 6.00. The number of hydrogen-bond donors (Lipinski definition) is 4. The SMILES string of the molecule is CSCCC(NC(=O)/C(C#N)=C\NCCC(=O)O)C(=O)O. The lowest BCUT2D eigenvalue weighted by Gasteiger charge is -2.13. The maximum Gasteiger partial charge on any atom is 0.326 e. The second-order valence-electron chi connectivity index (χ2n) is 3.91. The molecule has 0 aliphatic carbocycles. The summed E-state index contributed by atoms with van der Waals surface area (Å²) in [5.41, 5.74) is -0.309. The summed E-state index contributed by atoms with van der Waals surface area (Å²) in [5.74, 6) is -2.44. The van der Waals surface area contributed by atoms with E-state index in [9.17, 15) is 14.4 Å². The van der Waals surface area contributed by atoms with Gasteiger partial charge in [0.1, 0.15) is 17.7 Å². The number of nitrogens with one attached hydrogen (secondary N) is 2. The van der Waals surface area contributed by atoms with Gasteiger partial charge in [-0.05, 0) is 18.4 Å². The molecule has 0 aromatic carbocycles. The molecule has 0 aromatic rings. The third-order valence-electron chi connectivity index (χ3n) is 2.31. The second-order valence-corrected chi connectivity index (χ2v) is 4.90. The summed E-state index contributed by atoms with van der Waals surface area (Å²) in [6.45, 7) is 0.0582. The molecule has 0 saturated carbocycles. The number of carbonyl (C=O) groups excluding carboxylic acids is 1. The molecule has 0 aromatic heterocycles. The van der Waals surface area contributed by atoms with Gasteiger partial charge < -0.3 is 20.8 Å². The Morgan fingerprint density at radius 1 is 1.38 bits per heavy atom. The van der Waals surface area contributed by atoms with E-state index in [1.54, 1.807) is 6.07 Å². The topological polar surface area (TPSA) is 140 Å². The Morgan fingerprint density at radius 2 is 2.05 bits per heavy atom. The molecule has 116 valence electrons. The monoisotopic (exact) mass is 315 g/mol. The molecule has 0 saturated heterocycles. The third kappa shape index (κ3) is 8.54. The van der Waals surface area contributed by atoms with Crippen molar-refractivity contribution in [3.63, 3.8) is 0 Å². The number of nitriles is 1. The molecule has 1 amide bonds. The van der Waals surface area contributed by atoms with Gasteiger partial charge in [0.15, 0.2) is 0 Å². The normalized spacial score (nSPS) is 12.1. The summed E-state index contributed by atoms with van der Waals surface area (Å²) in [7, 11) is 0. The summed E-state index contributed by atoms with van der Waals surface area (Å²) < 4.78 is 0. The first-order valence-corrected chi connectivity index (χ1v) is 7.39. The number of carboxylic acid groups (broad SMARTS) is 2. The first kappa shape index (κ1) is 18.8. The van der Waals surface area contributed by atoms with E-state index < -0.39 is 23.9 Å². The summed E-state index contributed by atoms with van der Waals surface area (Å²) in [6, 6.07) is 0.563. The van der Waals surface area contributed by atoms with Gasteiger partial charge >= 0.3 is 11.9 Å². The minimum Gasteiger partial charge on any atom is -0.481 e. The van der Waals surface area contributed by atoms with E-state index in [1.807, 2.05) is 6.26 Å². The molecule has 0 rings (SSSR count). The van der Waals surface area contributed by atoms with Gasteiger partial charge in [-0.3, -0.25) is 9.59 Å². The van der Waals surface area contributed by atoms with E-state index >= 15 is 0 Å². The van der Waals surface area contributed by atoms with Crippen molar-refractivity contribution in [1.82, 2.24) is 10.6 Å². The third-order valence-corrected chi connectivity index (χ3v) is 2.95. The van der Waals surface area contributed by atoms with E-state index in [1.165, 1.54) is 11.8 Å². The van der Waals surface area contributed by atoms with Gasteiger partial charge in [-0.2, -0.15) is 17.0 Å². The van der Waals surface area contributed by atoms with E-state index in [-0.39, 0.29) is 25.0 Å². The predicted octanol–water partition coefficient (Wildman–Crippen LogP) is -0.219. The molecule has 1 atom stereocenters. The van der Waals surface area contributed by atoms with Crippen molar-refractivity contribution in [3.8, 4) is 6.07 Å². The van der Waals surface area contributed by atoms with Crippen LogP contribution in [-0.4, -0.2) is 52.7 Å². The standard InChI is InChI=1S/C12H17N3O5S/c1-21-5-3-9(12(19)20)15-11(18)8(6-13)7-14-4-2-10(16)17/h7,9,14H,2-5H2,1H3,(H,15,18)(H,16,17)(H,19,20)/b8-7-. The van der Waals surface area contributed by atoms with Gasteiger partial charge in [0.05, 0.1) is 6.42 Å². The lowest BCUT2D eigenvalue weighted by atomic mass is 10.2. The molecule has 0 fully saturated rings. The summed E-state index contributed by atoms with van der Waals surface area (Å²) in [6.07, 6.45) is 2.97. The van der Waals surface area contributed by atoms with Crippen LogP contribution < -0.4 is 10.6 Å². The van der Waals surface area contributed by atoms with E-state index in [0.29, 0.717) is 5.75 Å². The molecule has 4 N–H and O–H groups in total. The Hall–Kier alpha value is -2.21. The number of carboxylic acids is 2. The fourth-order valence-electron chi connectivity index (χ4n) is 1.23. The minimum absolute atomic E-state index is 0.0582. The van der Waals surface area contributed by atoms with Crippen molar-refractivity contribution in [3.05, 3.63) is 11.8 Å². The van der Waals surface area contributed by atoms with Gasteiger partial charge in [-0.25, -0.2) is 4.79 Å². The average Bonchev–Trinajstić information content (AvgIpc) is 2.42. The van der Waals surface area contributed by atoms with Crippen LogP contribution in [0.3, 0.4) is 0 Å². The fraction of sp³-hybridized carbons (Fsp3) is 0.500. The molecule has 8 nitrogen and oxygen atoms in total. The van der Waals surface area contributed by atoms with Crippen LogP contribution in [-0.2, 0) is 14.4 Å². The Balaban J connectivity index is 4.55. The quantitative estimate of drug-likeness (QED) is 0.246. The zero-order chi connectivity index (χ0) is 16.3. The van der Waals surface area contributed by atoms with Gasteiger partial charge in [0, 0.05) is 12.7 Å². The van der Waals surface area contributed by atoms with Crippen LogP contribution in [0, 0.1) is 11.3 Å². The molecule has 0 spiro atoms. The van der Waals surface area contributed by atoms with Crippen molar-refractivity contribution in [2.24, 2.45) is 0 Å². The zero-order valence-corrected chi connectivity index (χ0v) is 12.3. The molecular weight excluding hydrogens is 298 g/mol. The number of thioether (sulfide) groups is 1. The Morgan fingerprint density at radius 3 is 2.52 bits per heavy atom. The Labute approximate surface area is 126 Å². The van der Waals surface area contributed by atoms with Crippen molar-refractivity contribution in [2.45, 2.75) is 18.9 Å². The summed E-state index contributed by atoms with van der Waals surface area (Å²) >= 11 is 1.45. The maximum atomic E-state index is 11.8. The largest absolute Gasteiger partial charge is 0.481 e. The van der Waals surface area contributed by atoms with Gasteiger partial charge in [-0.1, -0.05) is 0 Å². The highest BCUT2D eigenvalue weighted by Crippen LogP contribution is 2.02. The van der Waals surface area contributed by atoms with Crippen LogP contribution >= 0.6 is 11.8 Å². The highest BCUT2D eigenvalue weighted by Gasteiger charge is 2.21. The summed E-state index contributed by atoms with van der Waals surface area (Å²) in [4.78, 5) is 33.0. The Kier molecular flexibility index (Phi) is 9.45. The number of nitrogens with zero attached hydrogens (tertiary/aromatic N) is 1. The molecule has 0 aliphatic heterocycles. The van der Waals surface area contributed by atoms with Crippen LogP contribution in [0.2, 0.25) is 0 Å². The second kappa shape index (κ2) is 10.6. The number of aliphatic carboxylic acids is 2. The first-order chi connectivity index (χ1) is 9.92. The maximum absolute atomic E-state index is 11.8. The van der Waals surface area contributed by atoms with Crippen LogP contribution in [0.15, 0.2) is 11.8 Å². The average molecular weight is 315 g/mol. The molecule has 0 aliphatic rings. The van der Waals surface area contributed by atoms with Crippen molar-refractivity contribution >= 4 is 29.6 Å². The lowest BCUT2D eigenvalue weighted by Crippen LogP contribution is -2.41. The summed E-state index contributed by atoms with van der Waals surface area (Å²) in [5, 5.41) is 31.0. The van der Waals surface area contributed by atoms with E-state index in [4.69, 9.17) is 15.5 Å². The van der Waals surface area contributed by atoms with Crippen molar-refractivity contribution in [2.75, 3.05) is 18.6 Å². The molecule has 0 heterocycles. The number of rotatable bonds is 10. The molecule has 1 unspecified atom stereocenters. The van der Waals surface area contributed by atoms with E-state index in [0.717, 1.165) is 6.20 Å². The van der Waals surface area contributed by atoms with E-state index in [2.05, 4.69) is 10.6 Å². The minimum atomic E-state index is -1.17. The fourth-order valence-corrected chi connectivity index (χ4v) is 1.70. The number of carbonyl (C=O) groups is 3. The zero-order valence-electron chi connectivity index (χ0n) is 11.5. The van der Waals surface area contributed by atoms with Crippen molar-refractivity contribution in [1.29, 1.82) is 5.26 Å². The van der Waals surface area contributed by atoms with Gasteiger partial charge in [0.2, 0.25) is 0 Å². The molecule has 21 heavy (non-hydrogen) atoms. The Bertz CT molecular complexity index is 458. The number of amides is 1. The molecule has 0 radical (unpaired) electrons. The molecule has 9 heteroatoms. The van der Waals surface area contributed by atoms with Crippen LogP contribution in [0.5, 0.6) is 0 Å². The lowest BCUT2D eigenvalue weighted by molar-refractivity contribution is -0.141. The van der Waals surface area contributed by atoms with Crippen LogP contribution in [0.1, 0.15) is 12.8 Å². The number of hydrogen-bond acceptors (Lipinski definition) is 6. The van der Waals surface area contributed by atoms with Gasteiger partial charge in [-0.15, -0.1) is 0 Å². The van der Waals surface area contributed by atoms with Crippen LogP contribution in [0.4, 0.5) is 0 Å². The highest BCUT2D eigenvalue weighted by atomic mass is 32.2. The van der Waals surface area contributed by atoms with Crippen LogP contribution in [0.25, 0.3) is 0 Å². The predicted molar refractivity (Wildman–Crippen MR) is 76.5 cm³/mol. The van der Waals surface area contributed by atoms with Crippen molar-refractivity contribution < 1.29 is 24.6 Å². The van der Waals surface area contributed by atoms with Gasteiger partial charge in [0.25, 0.3) is 5.91 Å².